The molecule has 266 valence electrons. The monoisotopic (exact) mass is 730 g/mol. The Labute approximate surface area is 307 Å². The molecule has 0 N–H and O–H groups in total. The van der Waals surface area contributed by atoms with Crippen molar-refractivity contribution in [2.45, 2.75) is 27.7 Å². The molecular weight excluding hydrogens is 686 g/mol. The minimum absolute atomic E-state index is 0.387. The largest absolute Gasteiger partial charge is 0.497 e. The minimum atomic E-state index is -3.71. The molecule has 0 aromatic heterocycles. The van der Waals surface area contributed by atoms with Gasteiger partial charge >= 0.3 is 0 Å². The lowest BCUT2D eigenvalue weighted by Crippen LogP contribution is -2.30. The molecule has 0 atom stereocenters. The van der Waals surface area contributed by atoms with Crippen LogP contribution in [-0.4, -0.2) is 28.4 Å². The smallest absolute Gasteiger partial charge is 0.171 e. The summed E-state index contributed by atoms with van der Waals surface area (Å²) in [6.45, 7) is 8.01. The average Bonchev–Trinajstić information content (AvgIpc) is 3.17. The fourth-order valence-corrected chi connectivity index (χ4v) is 12.3. The highest BCUT2D eigenvalue weighted by atomic mass is 31.2. The number of rotatable bonds is 11. The van der Waals surface area contributed by atoms with Crippen molar-refractivity contribution in [1.29, 1.82) is 0 Å². The Balaban J connectivity index is 1.84. The van der Waals surface area contributed by atoms with Gasteiger partial charge in [0.2, 0.25) is 0 Å². The van der Waals surface area contributed by atoms with Crippen molar-refractivity contribution in [2.24, 2.45) is 0 Å². The molecule has 0 unspecified atom stereocenters. The molecule has 0 aliphatic carbocycles. The topological polar surface area (TPSA) is 71.1 Å². The van der Waals surface area contributed by atoms with Crippen LogP contribution in [0.1, 0.15) is 22.3 Å². The average molecular weight is 731 g/mol. The van der Waals surface area contributed by atoms with Gasteiger partial charge < -0.3 is 28.1 Å². The van der Waals surface area contributed by atoms with E-state index in [1.54, 1.807) is 40.6 Å². The lowest BCUT2D eigenvalue weighted by Gasteiger charge is -2.29. The number of aryl methyl sites for hydroxylation is 4. The molecule has 0 spiro atoms. The Bertz CT molecular complexity index is 2050. The molecule has 6 nitrogen and oxygen atoms in total. The van der Waals surface area contributed by atoms with Crippen molar-refractivity contribution >= 4 is 46.1 Å². The summed E-state index contributed by atoms with van der Waals surface area (Å²) in [5.41, 5.74) is 5.14. The molecule has 0 amide bonds. The second-order valence-electron chi connectivity index (χ2n) is 13.0. The van der Waals surface area contributed by atoms with Crippen LogP contribution < -0.4 is 50.8 Å². The summed E-state index contributed by atoms with van der Waals surface area (Å²) in [5.74, 6) is 1.70. The molecule has 8 heteroatoms. The van der Waals surface area contributed by atoms with Gasteiger partial charge in [-0.25, -0.2) is 0 Å². The number of ether oxygens (including phenoxy) is 4. The van der Waals surface area contributed by atoms with E-state index in [0.717, 1.165) is 22.3 Å². The van der Waals surface area contributed by atoms with Gasteiger partial charge in [-0.15, -0.1) is 0 Å². The molecule has 0 fully saturated rings. The third kappa shape index (κ3) is 6.58. The number of hydrogen-bond acceptors (Lipinski definition) is 6. The van der Waals surface area contributed by atoms with Crippen molar-refractivity contribution in [2.75, 3.05) is 28.4 Å². The highest BCUT2D eigenvalue weighted by Crippen LogP contribution is 2.54. The van der Waals surface area contributed by atoms with Gasteiger partial charge in [0.05, 0.1) is 28.4 Å². The zero-order chi connectivity index (χ0) is 37.2. The van der Waals surface area contributed by atoms with E-state index in [0.29, 0.717) is 66.0 Å². The molecule has 0 heterocycles. The second-order valence-corrected chi connectivity index (χ2v) is 18.5. The molecule has 52 heavy (non-hydrogen) atoms. The van der Waals surface area contributed by atoms with Gasteiger partial charge in [-0.05, 0) is 39.8 Å². The van der Waals surface area contributed by atoms with Crippen molar-refractivity contribution in [3.05, 3.63) is 144 Å². The van der Waals surface area contributed by atoms with Gasteiger partial charge in [-0.3, -0.25) is 0 Å². The summed E-state index contributed by atoms with van der Waals surface area (Å²) < 4.78 is 56.9. The molecule has 0 saturated carbocycles. The Hall–Kier alpha value is -5.02. The van der Waals surface area contributed by atoms with E-state index < -0.39 is 14.3 Å². The summed E-state index contributed by atoms with van der Waals surface area (Å²) in [6, 6.07) is 38.3. The predicted molar refractivity (Wildman–Crippen MR) is 216 cm³/mol. The fourth-order valence-electron chi connectivity index (χ4n) is 6.58. The maximum Gasteiger partial charge on any atom is 0.171 e. The Morgan fingerprint density at radius 2 is 0.615 bits per heavy atom. The lowest BCUT2D eigenvalue weighted by molar-refractivity contribution is 0.392. The minimum Gasteiger partial charge on any atom is -0.497 e. The van der Waals surface area contributed by atoms with E-state index in [1.807, 2.05) is 137 Å². The number of benzene rings is 6. The molecule has 0 saturated heterocycles. The normalized spacial score (nSPS) is 11.6. The van der Waals surface area contributed by atoms with E-state index in [1.165, 1.54) is 0 Å². The number of hydrogen-bond donors (Lipinski definition) is 0. The number of methoxy groups -OCH3 is 4. The van der Waals surface area contributed by atoms with Crippen LogP contribution in [0.3, 0.4) is 0 Å². The van der Waals surface area contributed by atoms with Crippen LogP contribution in [0.5, 0.6) is 23.0 Å². The Kier molecular flexibility index (Phi) is 10.5. The first-order valence-corrected chi connectivity index (χ1v) is 20.4. The summed E-state index contributed by atoms with van der Waals surface area (Å²) in [5, 5.41) is 3.45. The first-order valence-electron chi connectivity index (χ1n) is 17.0. The standard InChI is InChI=1S/C44H44O6P2/c1-29-9-17-35(18-10-29)51(45,36-19-11-30(2)12-20-36)41-27-33(47-5)25-39(49-7)43(41)44-40(50-8)26-34(48-6)28-42(44)52(46,37-21-13-31(3)14-22-37)38-23-15-32(4)16-24-38/h9-28H,1-8H3. The maximum atomic E-state index is 16.4. The highest BCUT2D eigenvalue weighted by molar-refractivity contribution is 7.86. The zero-order valence-electron chi connectivity index (χ0n) is 30.9. The summed E-state index contributed by atoms with van der Waals surface area (Å²) in [4.78, 5) is 0. The summed E-state index contributed by atoms with van der Waals surface area (Å²) in [6.07, 6.45) is 0. The molecule has 0 radical (unpaired) electrons. The highest BCUT2D eigenvalue weighted by Gasteiger charge is 2.40. The fraction of sp³-hybridized carbons (Fsp3) is 0.182. The van der Waals surface area contributed by atoms with Gasteiger partial charge in [-0.2, -0.15) is 0 Å². The van der Waals surface area contributed by atoms with Gasteiger partial charge in [0.15, 0.2) is 14.3 Å². The Morgan fingerprint density at radius 1 is 0.365 bits per heavy atom. The van der Waals surface area contributed by atoms with Crippen LogP contribution in [-0.2, 0) is 9.13 Å². The van der Waals surface area contributed by atoms with Crippen LogP contribution in [0.25, 0.3) is 11.1 Å². The van der Waals surface area contributed by atoms with Crippen molar-refractivity contribution in [3.8, 4) is 34.1 Å². The predicted octanol–water partition coefficient (Wildman–Crippen LogP) is 7.90. The lowest BCUT2D eigenvalue weighted by atomic mass is 10.0. The maximum absolute atomic E-state index is 16.4. The van der Waals surface area contributed by atoms with Crippen molar-refractivity contribution in [1.82, 2.24) is 0 Å². The van der Waals surface area contributed by atoms with Crippen LogP contribution in [0, 0.1) is 27.7 Å². The summed E-state index contributed by atoms with van der Waals surface area (Å²) >= 11 is 0. The quantitative estimate of drug-likeness (QED) is 0.126. The van der Waals surface area contributed by atoms with E-state index in [4.69, 9.17) is 18.9 Å². The van der Waals surface area contributed by atoms with Crippen LogP contribution in [0.15, 0.2) is 121 Å². The van der Waals surface area contributed by atoms with Crippen LogP contribution >= 0.6 is 14.3 Å². The van der Waals surface area contributed by atoms with Gasteiger partial charge in [0.1, 0.15) is 23.0 Å². The van der Waals surface area contributed by atoms with Crippen LogP contribution in [0.2, 0.25) is 0 Å². The van der Waals surface area contributed by atoms with Gasteiger partial charge in [-0.1, -0.05) is 119 Å². The molecular formula is C44H44O6P2. The van der Waals surface area contributed by atoms with Gasteiger partial charge in [0.25, 0.3) is 0 Å². The van der Waals surface area contributed by atoms with Crippen molar-refractivity contribution < 1.29 is 28.1 Å². The van der Waals surface area contributed by atoms with E-state index in [2.05, 4.69) is 0 Å². The third-order valence-corrected chi connectivity index (χ3v) is 15.7. The second kappa shape index (κ2) is 14.9. The molecule has 6 aromatic carbocycles. The van der Waals surface area contributed by atoms with Gasteiger partial charge in [0, 0.05) is 55.1 Å². The zero-order valence-corrected chi connectivity index (χ0v) is 32.7. The molecule has 6 rings (SSSR count). The molecule has 0 aliphatic heterocycles. The van der Waals surface area contributed by atoms with E-state index in [9.17, 15) is 0 Å². The van der Waals surface area contributed by atoms with Crippen LogP contribution in [0.4, 0.5) is 0 Å². The van der Waals surface area contributed by atoms with Crippen molar-refractivity contribution in [3.63, 3.8) is 0 Å². The first-order chi connectivity index (χ1) is 25.0. The van der Waals surface area contributed by atoms with E-state index >= 15 is 9.13 Å². The molecule has 6 aromatic rings. The molecule has 0 bridgehead atoms. The van der Waals surface area contributed by atoms with E-state index in [-0.39, 0.29) is 0 Å². The summed E-state index contributed by atoms with van der Waals surface area (Å²) in [7, 11) is -1.14. The first kappa shape index (κ1) is 36.8. The Morgan fingerprint density at radius 3 is 0.827 bits per heavy atom. The molecule has 0 aliphatic rings. The third-order valence-electron chi connectivity index (χ3n) is 9.54. The SMILES string of the molecule is COc1cc(OC)c(-c2c(OC)cc(OC)cc2P(=O)(c2ccc(C)cc2)c2ccc(C)cc2)c(P(=O)(c2ccc(C)cc2)c2ccc(C)cc2)c1.